The Kier molecular flexibility index (Phi) is 10.5. The van der Waals surface area contributed by atoms with Crippen molar-refractivity contribution in [3.8, 4) is 45.4 Å². The van der Waals surface area contributed by atoms with E-state index in [1.54, 1.807) is 0 Å². The van der Waals surface area contributed by atoms with Crippen LogP contribution in [0, 0.1) is 11.3 Å². The van der Waals surface area contributed by atoms with E-state index < -0.39 is 0 Å². The number of rotatable bonds is 5. The SMILES string of the molecule is N#Cc1c(-n2c3ccccc3c3cc4sc5ccccc5c4cc32)c(-c2cccc3c2sc2ccccc23)c(-n2c3ccccc3c3cc4sc5ccccc5c4cc32)c(-c2cccc3c2sc2ccccc23)c1-n1c2ccccc2c2cc3sc4ccccc4c3cc21. The van der Waals surface area contributed by atoms with E-state index in [9.17, 15) is 5.26 Å². The molecule has 0 atom stereocenters. The van der Waals surface area contributed by atoms with Gasteiger partial charge in [-0.15, -0.1) is 56.7 Å². The van der Waals surface area contributed by atoms with Crippen LogP contribution in [0.1, 0.15) is 5.56 Å². The Bertz CT molecular complexity index is 6880. The summed E-state index contributed by atoms with van der Waals surface area (Å²) >= 11 is 9.25. The highest BCUT2D eigenvalue weighted by atomic mass is 32.1. The van der Waals surface area contributed by atoms with Crippen LogP contribution in [0.5, 0.6) is 0 Å². The largest absolute Gasteiger partial charge is 0.308 e. The van der Waals surface area contributed by atoms with Crippen molar-refractivity contribution in [3.05, 3.63) is 272 Å². The van der Waals surface area contributed by atoms with Gasteiger partial charge in [0.2, 0.25) is 0 Å². The molecular formula is C85H44N4S5. The molecule has 9 heteroatoms. The van der Waals surface area contributed by atoms with Gasteiger partial charge >= 0.3 is 0 Å². The summed E-state index contributed by atoms with van der Waals surface area (Å²) in [7, 11) is 0. The Hall–Kier alpha value is -10.9. The number of hydrogen-bond donors (Lipinski definition) is 0. The van der Waals surface area contributed by atoms with Gasteiger partial charge in [0, 0.05) is 155 Å². The number of benzene rings is 14. The summed E-state index contributed by atoms with van der Waals surface area (Å²) in [6.45, 7) is 0. The average Bonchev–Trinajstić information content (AvgIpc) is 1.31. The summed E-state index contributed by atoms with van der Waals surface area (Å²) < 4.78 is 19.9. The molecule has 434 valence electrons. The number of hydrogen-bond acceptors (Lipinski definition) is 6. The van der Waals surface area contributed by atoms with E-state index in [4.69, 9.17) is 0 Å². The van der Waals surface area contributed by atoms with Crippen LogP contribution in [-0.4, -0.2) is 13.7 Å². The molecule has 94 heavy (non-hydrogen) atoms. The van der Waals surface area contributed by atoms with Crippen LogP contribution in [-0.2, 0) is 0 Å². The third kappa shape index (κ3) is 6.87. The topological polar surface area (TPSA) is 38.6 Å². The lowest BCUT2D eigenvalue weighted by Crippen LogP contribution is -2.13. The maximum atomic E-state index is 13.5. The predicted octanol–water partition coefficient (Wildman–Crippen LogP) is 26.0. The van der Waals surface area contributed by atoms with E-state index in [2.05, 4.69) is 287 Å². The number of fused-ring (bicyclic) bond motifs is 24. The molecule has 0 amide bonds. The minimum absolute atomic E-state index is 0.577. The molecule has 0 aliphatic heterocycles. The lowest BCUT2D eigenvalue weighted by Gasteiger charge is -2.29. The molecule has 0 aliphatic rings. The van der Waals surface area contributed by atoms with E-state index in [1.807, 2.05) is 56.7 Å². The van der Waals surface area contributed by atoms with Gasteiger partial charge in [0.25, 0.3) is 0 Å². The van der Waals surface area contributed by atoms with Gasteiger partial charge in [-0.05, 0) is 84.9 Å². The van der Waals surface area contributed by atoms with Crippen LogP contribution in [0.15, 0.2) is 267 Å². The zero-order valence-electron chi connectivity index (χ0n) is 49.7. The number of aromatic nitrogens is 3. The third-order valence-corrected chi connectivity index (χ3v) is 25.9. The van der Waals surface area contributed by atoms with Gasteiger partial charge in [0.1, 0.15) is 11.6 Å². The summed E-state index contributed by atoms with van der Waals surface area (Å²) in [6, 6.07) is 103. The van der Waals surface area contributed by atoms with Gasteiger partial charge in [-0.3, -0.25) is 0 Å². The third-order valence-electron chi connectivity index (χ3n) is 20.1. The minimum Gasteiger partial charge on any atom is -0.308 e. The first-order valence-corrected chi connectivity index (χ1v) is 35.7. The van der Waals surface area contributed by atoms with E-state index in [0.717, 1.165) is 109 Å². The molecule has 0 spiro atoms. The maximum absolute atomic E-state index is 13.5. The van der Waals surface area contributed by atoms with Crippen molar-refractivity contribution in [2.75, 3.05) is 0 Å². The predicted molar refractivity (Wildman–Crippen MR) is 409 cm³/mol. The van der Waals surface area contributed by atoms with E-state index in [-0.39, 0.29) is 0 Å². The Balaban J connectivity index is 1.07. The quantitative estimate of drug-likeness (QED) is 0.169. The first-order valence-electron chi connectivity index (χ1n) is 31.6. The molecule has 22 aromatic rings. The van der Waals surface area contributed by atoms with Crippen molar-refractivity contribution in [2.45, 2.75) is 0 Å². The van der Waals surface area contributed by atoms with Crippen LogP contribution in [0.3, 0.4) is 0 Å². The molecule has 14 aromatic carbocycles. The molecule has 0 aliphatic carbocycles. The fourth-order valence-corrected chi connectivity index (χ4v) is 22.0. The van der Waals surface area contributed by atoms with Gasteiger partial charge in [0.05, 0.1) is 50.2 Å². The Labute approximate surface area is 555 Å². The van der Waals surface area contributed by atoms with Crippen molar-refractivity contribution in [1.29, 1.82) is 5.26 Å². The number of para-hydroxylation sites is 3. The molecule has 8 aromatic heterocycles. The highest BCUT2D eigenvalue weighted by molar-refractivity contribution is 7.27. The highest BCUT2D eigenvalue weighted by Crippen LogP contribution is 2.57. The monoisotopic (exact) mass is 1280 g/mol. The first kappa shape index (κ1) is 51.7. The normalized spacial score (nSPS) is 12.5. The second-order valence-electron chi connectivity index (χ2n) is 24.8. The van der Waals surface area contributed by atoms with Crippen molar-refractivity contribution in [2.24, 2.45) is 0 Å². The lowest BCUT2D eigenvalue weighted by atomic mass is 9.87. The van der Waals surface area contributed by atoms with Gasteiger partial charge in [-0.25, -0.2) is 0 Å². The first-order chi connectivity index (χ1) is 46.6. The Morgan fingerprint density at radius 1 is 0.223 bits per heavy atom. The molecule has 0 unspecified atom stereocenters. The molecule has 22 rings (SSSR count). The van der Waals surface area contributed by atoms with Crippen LogP contribution < -0.4 is 0 Å². The summed E-state index contributed by atoms with van der Waals surface area (Å²) in [5.41, 5.74) is 13.6. The second kappa shape index (κ2) is 19.1. The molecule has 0 saturated heterocycles. The Morgan fingerprint density at radius 2 is 0.511 bits per heavy atom. The van der Waals surface area contributed by atoms with Gasteiger partial charge in [0.15, 0.2) is 0 Å². The number of nitrogens with zero attached hydrogens (tertiary/aromatic N) is 4. The van der Waals surface area contributed by atoms with E-state index >= 15 is 0 Å². The molecule has 8 heterocycles. The minimum atomic E-state index is 0.577. The van der Waals surface area contributed by atoms with Gasteiger partial charge in [-0.1, -0.05) is 182 Å². The zero-order valence-corrected chi connectivity index (χ0v) is 53.8. The average molecular weight is 1280 g/mol. The fraction of sp³-hybridized carbons (Fsp3) is 0. The Morgan fingerprint density at radius 3 is 0.862 bits per heavy atom. The number of nitriles is 1. The number of thiophene rings is 5. The smallest absolute Gasteiger partial charge is 0.104 e. The summed E-state index contributed by atoms with van der Waals surface area (Å²) in [5.74, 6) is 0. The molecule has 0 saturated carbocycles. The van der Waals surface area contributed by atoms with E-state index in [1.165, 1.54) is 96.8 Å². The summed E-state index contributed by atoms with van der Waals surface area (Å²) in [6.07, 6.45) is 0. The van der Waals surface area contributed by atoms with Crippen molar-refractivity contribution >= 4 is 223 Å². The van der Waals surface area contributed by atoms with Gasteiger partial charge in [-0.2, -0.15) is 5.26 Å². The molecule has 0 radical (unpaired) electrons. The standard InChI is InChI=1S/C85H44N4S5/c86-45-64-81(87-65-31-9-1-19-46(65)58-42-76-61(39-68(58)87)51-24-6-12-34-71(51)90-76)79(56-29-17-27-54-49-22-4-15-37-74(49)93-84(54)56)83(89-67-33-11-3-21-48(67)60-44-78-63(41-70(60)89)53-26-8-14-36-73(53)92-78)80(57-30-18-28-55-50-23-5-16-38-75(50)94-85(55)57)82(64)88-66-32-10-2-20-47(66)59-43-77-62(40-69(59)88)52-25-7-13-35-72(52)91-77/h1-44H. The summed E-state index contributed by atoms with van der Waals surface area (Å²) in [5, 5.41) is 32.5. The lowest BCUT2D eigenvalue weighted by molar-refractivity contribution is 1.09. The fourth-order valence-electron chi connectivity index (χ4n) is 16.2. The molecule has 4 nitrogen and oxygen atoms in total. The highest BCUT2D eigenvalue weighted by Gasteiger charge is 2.36. The van der Waals surface area contributed by atoms with Crippen molar-refractivity contribution in [3.63, 3.8) is 0 Å². The van der Waals surface area contributed by atoms with Crippen LogP contribution in [0.2, 0.25) is 0 Å². The maximum Gasteiger partial charge on any atom is 0.104 e. The van der Waals surface area contributed by atoms with Crippen LogP contribution >= 0.6 is 56.7 Å². The molecule has 0 bridgehead atoms. The van der Waals surface area contributed by atoms with Gasteiger partial charge < -0.3 is 13.7 Å². The zero-order chi connectivity index (χ0) is 61.2. The molecular weight excluding hydrogens is 1240 g/mol. The van der Waals surface area contributed by atoms with Crippen LogP contribution in [0.4, 0.5) is 0 Å². The van der Waals surface area contributed by atoms with Crippen molar-refractivity contribution in [1.82, 2.24) is 13.7 Å². The molecule has 0 fully saturated rings. The van der Waals surface area contributed by atoms with Crippen molar-refractivity contribution < 1.29 is 0 Å². The van der Waals surface area contributed by atoms with Crippen LogP contribution in [0.25, 0.3) is 206 Å². The van der Waals surface area contributed by atoms with E-state index in [0.29, 0.717) is 5.56 Å². The second-order valence-corrected chi connectivity index (χ2v) is 30.1. The molecule has 0 N–H and O–H groups in total. The summed E-state index contributed by atoms with van der Waals surface area (Å²) in [4.78, 5) is 0.